The molecule has 4 atom stereocenters. The molecule has 0 amide bonds. The van der Waals surface area contributed by atoms with Crippen molar-refractivity contribution >= 4 is 11.9 Å². The average molecular weight is 274 g/mol. The number of hydrogen-bond acceptors (Lipinski definition) is 7. The SMILES string of the molecule is CC(=O)OC[C@@H]1O[C@@H](OC(C)=O)[C@@H]2OC(C)(C)O[C@@H]21. The lowest BCUT2D eigenvalue weighted by molar-refractivity contribution is -0.234. The Morgan fingerprint density at radius 1 is 1.11 bits per heavy atom. The first-order valence-electron chi connectivity index (χ1n) is 6.10. The predicted octanol–water partition coefficient (Wildman–Crippen LogP) is 0.358. The van der Waals surface area contributed by atoms with Crippen LogP contribution in [0.1, 0.15) is 27.7 Å². The van der Waals surface area contributed by atoms with Gasteiger partial charge in [-0.25, -0.2) is 0 Å². The van der Waals surface area contributed by atoms with Gasteiger partial charge in [-0.05, 0) is 13.8 Å². The molecule has 2 heterocycles. The fourth-order valence-electron chi connectivity index (χ4n) is 2.23. The lowest BCUT2D eigenvalue weighted by Gasteiger charge is -2.23. The molecule has 108 valence electrons. The van der Waals surface area contributed by atoms with Gasteiger partial charge in [0.05, 0.1) is 0 Å². The standard InChI is InChI=1S/C12H18O7/c1-6(13)15-5-8-9-10(19-12(3,4)18-9)11(17-8)16-7(2)14/h8-11H,5H2,1-4H3/t8-,9+,10+,11+/m0/s1. The molecule has 2 fully saturated rings. The highest BCUT2D eigenvalue weighted by Crippen LogP contribution is 2.39. The molecule has 2 aliphatic heterocycles. The second-order valence-corrected chi connectivity index (χ2v) is 5.02. The van der Waals surface area contributed by atoms with Gasteiger partial charge >= 0.3 is 11.9 Å². The van der Waals surface area contributed by atoms with E-state index in [1.165, 1.54) is 13.8 Å². The molecule has 2 aliphatic rings. The molecule has 0 spiro atoms. The molecule has 0 N–H and O–H groups in total. The van der Waals surface area contributed by atoms with Gasteiger partial charge in [-0.15, -0.1) is 0 Å². The highest BCUT2D eigenvalue weighted by molar-refractivity contribution is 5.66. The van der Waals surface area contributed by atoms with E-state index >= 15 is 0 Å². The molecular formula is C12H18O7. The van der Waals surface area contributed by atoms with Crippen molar-refractivity contribution in [2.45, 2.75) is 58.1 Å². The Bertz CT molecular complexity index is 378. The smallest absolute Gasteiger partial charge is 0.305 e. The molecule has 7 nitrogen and oxygen atoms in total. The Morgan fingerprint density at radius 2 is 1.74 bits per heavy atom. The topological polar surface area (TPSA) is 80.3 Å². The van der Waals surface area contributed by atoms with Crippen molar-refractivity contribution in [2.24, 2.45) is 0 Å². The molecule has 2 rings (SSSR count). The van der Waals surface area contributed by atoms with Crippen molar-refractivity contribution in [2.75, 3.05) is 6.61 Å². The lowest BCUT2D eigenvalue weighted by Crippen LogP contribution is -2.33. The molecule has 0 radical (unpaired) electrons. The summed E-state index contributed by atoms with van der Waals surface area (Å²) in [5.74, 6) is -1.66. The van der Waals surface area contributed by atoms with E-state index in [4.69, 9.17) is 23.7 Å². The summed E-state index contributed by atoms with van der Waals surface area (Å²) in [6.07, 6.45) is -2.30. The maximum absolute atomic E-state index is 11.0. The molecule has 0 aromatic carbocycles. The van der Waals surface area contributed by atoms with Crippen molar-refractivity contribution < 1.29 is 33.3 Å². The first kappa shape index (κ1) is 14.2. The summed E-state index contributed by atoms with van der Waals surface area (Å²) in [7, 11) is 0. The van der Waals surface area contributed by atoms with E-state index in [-0.39, 0.29) is 6.61 Å². The Hall–Kier alpha value is -1.18. The zero-order valence-corrected chi connectivity index (χ0v) is 11.4. The van der Waals surface area contributed by atoms with Crippen molar-refractivity contribution in [3.8, 4) is 0 Å². The largest absolute Gasteiger partial charge is 0.463 e. The van der Waals surface area contributed by atoms with Crippen molar-refractivity contribution in [1.29, 1.82) is 0 Å². The summed E-state index contributed by atoms with van der Waals surface area (Å²) in [5, 5.41) is 0. The van der Waals surface area contributed by atoms with Crippen LogP contribution in [-0.2, 0) is 33.3 Å². The van der Waals surface area contributed by atoms with Crippen molar-refractivity contribution in [3.63, 3.8) is 0 Å². The lowest BCUT2D eigenvalue weighted by atomic mass is 10.1. The molecular weight excluding hydrogens is 256 g/mol. The van der Waals surface area contributed by atoms with Gasteiger partial charge in [-0.2, -0.15) is 0 Å². The van der Waals surface area contributed by atoms with Crippen LogP contribution >= 0.6 is 0 Å². The van der Waals surface area contributed by atoms with E-state index in [0.717, 1.165) is 0 Å². The Labute approximate surface area is 111 Å². The fraction of sp³-hybridized carbons (Fsp3) is 0.833. The van der Waals surface area contributed by atoms with Gasteiger partial charge < -0.3 is 23.7 Å². The van der Waals surface area contributed by atoms with Crippen LogP contribution in [0.25, 0.3) is 0 Å². The van der Waals surface area contributed by atoms with Crippen LogP contribution in [0.15, 0.2) is 0 Å². The number of hydrogen-bond donors (Lipinski definition) is 0. The van der Waals surface area contributed by atoms with Gasteiger partial charge in [0.2, 0.25) is 6.29 Å². The van der Waals surface area contributed by atoms with E-state index in [0.29, 0.717) is 0 Å². The summed E-state index contributed by atoms with van der Waals surface area (Å²) in [4.78, 5) is 21.9. The van der Waals surface area contributed by atoms with Crippen LogP contribution in [0.2, 0.25) is 0 Å². The molecule has 0 bridgehead atoms. The van der Waals surface area contributed by atoms with Crippen LogP contribution < -0.4 is 0 Å². The first-order chi connectivity index (χ1) is 8.78. The minimum atomic E-state index is -0.843. The third-order valence-electron chi connectivity index (χ3n) is 2.84. The summed E-state index contributed by atoms with van der Waals surface area (Å²) >= 11 is 0. The number of fused-ring (bicyclic) bond motifs is 1. The maximum Gasteiger partial charge on any atom is 0.305 e. The summed E-state index contributed by atoms with van der Waals surface area (Å²) in [5.41, 5.74) is 0. The number of rotatable bonds is 3. The van der Waals surface area contributed by atoms with Gasteiger partial charge in [0.15, 0.2) is 11.9 Å². The molecule has 7 heteroatoms. The number of carbonyl (C=O) groups is 2. The normalized spacial score (nSPS) is 35.8. The Balaban J connectivity index is 2.05. The third kappa shape index (κ3) is 3.23. The fourth-order valence-corrected chi connectivity index (χ4v) is 2.23. The maximum atomic E-state index is 11.0. The van der Waals surface area contributed by atoms with Crippen LogP contribution in [-0.4, -0.2) is 48.9 Å². The second kappa shape index (κ2) is 5.07. The second-order valence-electron chi connectivity index (χ2n) is 5.02. The van der Waals surface area contributed by atoms with Crippen LogP contribution in [0.5, 0.6) is 0 Å². The van der Waals surface area contributed by atoms with E-state index < -0.39 is 42.3 Å². The molecule has 0 aliphatic carbocycles. The van der Waals surface area contributed by atoms with Gasteiger partial charge in [-0.1, -0.05) is 0 Å². The average Bonchev–Trinajstić information content (AvgIpc) is 2.70. The van der Waals surface area contributed by atoms with Crippen LogP contribution in [0, 0.1) is 0 Å². The van der Waals surface area contributed by atoms with Crippen molar-refractivity contribution in [1.82, 2.24) is 0 Å². The zero-order chi connectivity index (χ0) is 14.2. The van der Waals surface area contributed by atoms with Gasteiger partial charge in [0.1, 0.15) is 18.8 Å². The van der Waals surface area contributed by atoms with Gasteiger partial charge in [0, 0.05) is 13.8 Å². The van der Waals surface area contributed by atoms with Crippen molar-refractivity contribution in [3.05, 3.63) is 0 Å². The van der Waals surface area contributed by atoms with E-state index in [1.54, 1.807) is 13.8 Å². The summed E-state index contributed by atoms with van der Waals surface area (Å²) in [6, 6.07) is 0. The van der Waals surface area contributed by atoms with Crippen LogP contribution in [0.4, 0.5) is 0 Å². The molecule has 0 saturated carbocycles. The molecule has 2 saturated heterocycles. The molecule has 0 aromatic rings. The quantitative estimate of drug-likeness (QED) is 0.687. The van der Waals surface area contributed by atoms with Crippen LogP contribution in [0.3, 0.4) is 0 Å². The highest BCUT2D eigenvalue weighted by atomic mass is 16.8. The minimum Gasteiger partial charge on any atom is -0.463 e. The monoisotopic (exact) mass is 274 g/mol. The third-order valence-corrected chi connectivity index (χ3v) is 2.84. The van der Waals surface area contributed by atoms with Gasteiger partial charge in [0.25, 0.3) is 0 Å². The van der Waals surface area contributed by atoms with E-state index in [2.05, 4.69) is 0 Å². The predicted molar refractivity (Wildman–Crippen MR) is 60.9 cm³/mol. The Morgan fingerprint density at radius 3 is 2.32 bits per heavy atom. The number of carbonyl (C=O) groups excluding carboxylic acids is 2. The van der Waals surface area contributed by atoms with Gasteiger partial charge in [-0.3, -0.25) is 9.59 Å². The zero-order valence-electron chi connectivity index (χ0n) is 11.4. The first-order valence-corrected chi connectivity index (χ1v) is 6.10. The summed E-state index contributed by atoms with van der Waals surface area (Å²) < 4.78 is 26.8. The van der Waals surface area contributed by atoms with E-state index in [1.807, 2.05) is 0 Å². The highest BCUT2D eigenvalue weighted by Gasteiger charge is 2.56. The Kier molecular flexibility index (Phi) is 3.80. The number of esters is 2. The van der Waals surface area contributed by atoms with E-state index in [9.17, 15) is 9.59 Å². The minimum absolute atomic E-state index is 0.0354. The molecule has 0 aromatic heterocycles. The summed E-state index contributed by atoms with van der Waals surface area (Å²) in [6.45, 7) is 6.16. The number of ether oxygens (including phenoxy) is 5. The molecule has 19 heavy (non-hydrogen) atoms. The molecule has 0 unspecified atom stereocenters.